The van der Waals surface area contributed by atoms with Gasteiger partial charge in [-0.2, -0.15) is 0 Å². The molecule has 0 bridgehead atoms. The van der Waals surface area contributed by atoms with Crippen molar-refractivity contribution in [3.8, 4) is 0 Å². The minimum Gasteiger partial charge on any atom is -0.345 e. The van der Waals surface area contributed by atoms with E-state index in [0.717, 1.165) is 24.0 Å². The number of carbonyl (C=O) groups is 1. The summed E-state index contributed by atoms with van der Waals surface area (Å²) in [6, 6.07) is 9.97. The van der Waals surface area contributed by atoms with Gasteiger partial charge in [-0.25, -0.2) is 0 Å². The molecule has 16 heavy (non-hydrogen) atoms. The fourth-order valence-electron chi connectivity index (χ4n) is 1.55. The maximum absolute atomic E-state index is 11.9. The molecular weight excluding hydrogens is 198 g/mol. The average molecular weight is 217 g/mol. The molecule has 2 heteroatoms. The Morgan fingerprint density at radius 1 is 1.25 bits per heavy atom. The second kappa shape index (κ2) is 6.11. The van der Waals surface area contributed by atoms with Crippen molar-refractivity contribution < 1.29 is 4.79 Å². The van der Waals surface area contributed by atoms with Crippen LogP contribution in [0.2, 0.25) is 0 Å². The zero-order valence-electron chi connectivity index (χ0n) is 10.2. The Kier molecular flexibility index (Phi) is 4.77. The molecule has 0 N–H and O–H groups in total. The molecule has 1 amide bonds. The Balaban J connectivity index is 2.93. The van der Waals surface area contributed by atoms with Crippen LogP contribution in [0.3, 0.4) is 0 Å². The van der Waals surface area contributed by atoms with Gasteiger partial charge in [0.05, 0.1) is 0 Å². The van der Waals surface area contributed by atoms with E-state index in [0.29, 0.717) is 0 Å². The van der Waals surface area contributed by atoms with E-state index in [1.165, 1.54) is 0 Å². The van der Waals surface area contributed by atoms with Crippen LogP contribution in [0.5, 0.6) is 0 Å². The molecule has 86 valence electrons. The summed E-state index contributed by atoms with van der Waals surface area (Å²) in [6.07, 6.45) is 3.79. The Morgan fingerprint density at radius 3 is 2.38 bits per heavy atom. The minimum absolute atomic E-state index is 0.103. The lowest BCUT2D eigenvalue weighted by Gasteiger charge is -2.13. The minimum atomic E-state index is 0.103. The summed E-state index contributed by atoms with van der Waals surface area (Å²) in [5.41, 5.74) is 1.96. The van der Waals surface area contributed by atoms with Crippen LogP contribution in [-0.2, 0) is 4.79 Å². The van der Waals surface area contributed by atoms with E-state index in [-0.39, 0.29) is 5.91 Å². The summed E-state index contributed by atoms with van der Waals surface area (Å²) in [7, 11) is 3.58. The number of carbonyl (C=O) groups excluding carboxylic acids is 1. The molecule has 1 aromatic rings. The highest BCUT2D eigenvalue weighted by Crippen LogP contribution is 2.13. The molecule has 0 saturated heterocycles. The summed E-state index contributed by atoms with van der Waals surface area (Å²) in [4.78, 5) is 13.5. The van der Waals surface area contributed by atoms with Crippen molar-refractivity contribution in [2.24, 2.45) is 0 Å². The van der Waals surface area contributed by atoms with Gasteiger partial charge in [0, 0.05) is 19.7 Å². The molecule has 0 aliphatic carbocycles. The predicted octanol–water partition coefficient (Wildman–Crippen LogP) is 2.96. The Bertz CT molecular complexity index is 366. The van der Waals surface area contributed by atoms with Gasteiger partial charge in [0.2, 0.25) is 5.91 Å². The normalized spacial score (nSPS) is 11.3. The van der Waals surface area contributed by atoms with E-state index in [1.807, 2.05) is 36.4 Å². The van der Waals surface area contributed by atoms with E-state index in [1.54, 1.807) is 19.0 Å². The number of benzene rings is 1. The fourth-order valence-corrected chi connectivity index (χ4v) is 1.55. The highest BCUT2D eigenvalue weighted by Gasteiger charge is 2.10. The van der Waals surface area contributed by atoms with Gasteiger partial charge < -0.3 is 4.90 Å². The van der Waals surface area contributed by atoms with E-state index in [2.05, 4.69) is 6.92 Å². The van der Waals surface area contributed by atoms with Crippen molar-refractivity contribution in [3.63, 3.8) is 0 Å². The molecule has 0 heterocycles. The highest BCUT2D eigenvalue weighted by molar-refractivity contribution is 5.97. The first-order valence-corrected chi connectivity index (χ1v) is 5.62. The quantitative estimate of drug-likeness (QED) is 0.710. The second-order valence-corrected chi connectivity index (χ2v) is 4.03. The summed E-state index contributed by atoms with van der Waals surface area (Å²) < 4.78 is 0. The summed E-state index contributed by atoms with van der Waals surface area (Å²) in [5.74, 6) is 0.103. The van der Waals surface area contributed by atoms with Crippen LogP contribution in [0.1, 0.15) is 25.3 Å². The smallest absolute Gasteiger partial charge is 0.249 e. The van der Waals surface area contributed by atoms with Crippen molar-refractivity contribution >= 4 is 12.0 Å². The molecule has 1 rings (SSSR count). The average Bonchev–Trinajstić information content (AvgIpc) is 2.29. The first kappa shape index (κ1) is 12.5. The summed E-state index contributed by atoms with van der Waals surface area (Å²) >= 11 is 0. The molecule has 0 fully saturated rings. The molecule has 0 aromatic heterocycles. The van der Waals surface area contributed by atoms with Crippen LogP contribution in [0, 0.1) is 0 Å². The van der Waals surface area contributed by atoms with E-state index in [9.17, 15) is 4.79 Å². The van der Waals surface area contributed by atoms with Crippen LogP contribution < -0.4 is 0 Å². The lowest BCUT2D eigenvalue weighted by molar-refractivity contribution is -0.124. The number of rotatable bonds is 4. The van der Waals surface area contributed by atoms with Crippen molar-refractivity contribution in [3.05, 3.63) is 41.5 Å². The van der Waals surface area contributed by atoms with Crippen LogP contribution in [0.15, 0.2) is 35.9 Å². The molecule has 0 aliphatic rings. The summed E-state index contributed by atoms with van der Waals surface area (Å²) in [5, 5.41) is 0. The molecular formula is C14H19NO. The molecule has 0 saturated carbocycles. The van der Waals surface area contributed by atoms with Crippen molar-refractivity contribution in [2.45, 2.75) is 19.8 Å². The van der Waals surface area contributed by atoms with Gasteiger partial charge in [0.25, 0.3) is 0 Å². The maximum atomic E-state index is 11.9. The zero-order valence-corrected chi connectivity index (χ0v) is 10.2. The van der Waals surface area contributed by atoms with E-state index >= 15 is 0 Å². The fraction of sp³-hybridized carbons (Fsp3) is 0.357. The monoisotopic (exact) mass is 217 g/mol. The van der Waals surface area contributed by atoms with Gasteiger partial charge in [-0.05, 0) is 18.1 Å². The van der Waals surface area contributed by atoms with Crippen molar-refractivity contribution in [2.75, 3.05) is 14.1 Å². The van der Waals surface area contributed by atoms with E-state index < -0.39 is 0 Å². The summed E-state index contributed by atoms with van der Waals surface area (Å²) in [6.45, 7) is 2.09. The zero-order chi connectivity index (χ0) is 12.0. The second-order valence-electron chi connectivity index (χ2n) is 4.03. The van der Waals surface area contributed by atoms with Crippen molar-refractivity contribution in [1.29, 1.82) is 0 Å². The third kappa shape index (κ3) is 3.54. The molecule has 0 spiro atoms. The van der Waals surface area contributed by atoms with Crippen LogP contribution in [-0.4, -0.2) is 24.9 Å². The van der Waals surface area contributed by atoms with Crippen LogP contribution in [0.25, 0.3) is 6.08 Å². The van der Waals surface area contributed by atoms with Crippen LogP contribution >= 0.6 is 0 Å². The lowest BCUT2D eigenvalue weighted by atomic mass is 10.1. The molecule has 0 aliphatic heterocycles. The molecule has 2 nitrogen and oxygen atoms in total. The van der Waals surface area contributed by atoms with Gasteiger partial charge in [0.1, 0.15) is 0 Å². The lowest BCUT2D eigenvalue weighted by Crippen LogP contribution is -2.23. The SMILES string of the molecule is CCC/C(=C\c1ccccc1)C(=O)N(C)C. The van der Waals surface area contributed by atoms with Gasteiger partial charge in [-0.3, -0.25) is 4.79 Å². The number of amides is 1. The largest absolute Gasteiger partial charge is 0.345 e. The van der Waals surface area contributed by atoms with Crippen LogP contribution in [0.4, 0.5) is 0 Å². The first-order valence-electron chi connectivity index (χ1n) is 5.62. The molecule has 0 unspecified atom stereocenters. The molecule has 0 radical (unpaired) electrons. The van der Waals surface area contributed by atoms with Gasteiger partial charge in [-0.15, -0.1) is 0 Å². The Labute approximate surface area is 97.6 Å². The number of hydrogen-bond acceptors (Lipinski definition) is 1. The highest BCUT2D eigenvalue weighted by atomic mass is 16.2. The third-order valence-corrected chi connectivity index (χ3v) is 2.34. The molecule has 0 atom stereocenters. The van der Waals surface area contributed by atoms with Gasteiger partial charge in [0.15, 0.2) is 0 Å². The van der Waals surface area contributed by atoms with E-state index in [4.69, 9.17) is 0 Å². The van der Waals surface area contributed by atoms with Crippen molar-refractivity contribution in [1.82, 2.24) is 4.90 Å². The standard InChI is InChI=1S/C14H19NO/c1-4-8-13(14(16)15(2)3)11-12-9-6-5-7-10-12/h5-7,9-11H,4,8H2,1-3H3/b13-11+. The topological polar surface area (TPSA) is 20.3 Å². The van der Waals surface area contributed by atoms with Gasteiger partial charge in [-0.1, -0.05) is 43.7 Å². The third-order valence-electron chi connectivity index (χ3n) is 2.34. The number of hydrogen-bond donors (Lipinski definition) is 0. The van der Waals surface area contributed by atoms with Gasteiger partial charge >= 0.3 is 0 Å². The molecule has 1 aromatic carbocycles. The number of likely N-dealkylation sites (N-methyl/N-ethyl adjacent to an activating group) is 1. The Hall–Kier alpha value is -1.57. The first-order chi connectivity index (χ1) is 7.65. The maximum Gasteiger partial charge on any atom is 0.249 e. The Morgan fingerprint density at radius 2 is 1.88 bits per heavy atom. The predicted molar refractivity (Wildman–Crippen MR) is 68.0 cm³/mol. The number of nitrogens with zero attached hydrogens (tertiary/aromatic N) is 1.